The van der Waals surface area contributed by atoms with E-state index in [1.54, 1.807) is 6.07 Å². The monoisotopic (exact) mass is 304 g/mol. The first-order valence-electron chi connectivity index (χ1n) is 7.69. The van der Waals surface area contributed by atoms with Crippen LogP contribution in [0.5, 0.6) is 5.75 Å². The van der Waals surface area contributed by atoms with Gasteiger partial charge in [-0.15, -0.1) is 0 Å². The predicted octanol–water partition coefficient (Wildman–Crippen LogP) is 2.63. The van der Waals surface area contributed by atoms with Crippen LogP contribution in [-0.2, 0) is 11.2 Å². The lowest BCUT2D eigenvalue weighted by Crippen LogP contribution is -2.47. The summed E-state index contributed by atoms with van der Waals surface area (Å²) in [4.78, 5) is 24.4. The van der Waals surface area contributed by atoms with Crippen LogP contribution in [0.4, 0.5) is 5.69 Å². The summed E-state index contributed by atoms with van der Waals surface area (Å²) in [6, 6.07) is 2.84. The van der Waals surface area contributed by atoms with Gasteiger partial charge in [0.25, 0.3) is 0 Å². The Morgan fingerprint density at radius 1 is 1.36 bits per heavy atom. The number of nitrogens with one attached hydrogen (secondary N) is 2. The van der Waals surface area contributed by atoms with Crippen LogP contribution in [0.3, 0.4) is 0 Å². The van der Waals surface area contributed by atoms with Crippen molar-refractivity contribution in [2.24, 2.45) is 0 Å². The van der Waals surface area contributed by atoms with Gasteiger partial charge in [-0.05, 0) is 51.3 Å². The normalized spacial score (nSPS) is 15.9. The van der Waals surface area contributed by atoms with Crippen LogP contribution in [0.2, 0.25) is 0 Å². The Hall–Kier alpha value is -1.88. The fourth-order valence-corrected chi connectivity index (χ4v) is 2.77. The molecular weight excluding hydrogens is 280 g/mol. The molecule has 1 aromatic carbocycles. The average molecular weight is 304 g/mol. The number of anilines is 1. The van der Waals surface area contributed by atoms with Crippen molar-refractivity contribution in [3.05, 3.63) is 23.3 Å². The van der Waals surface area contributed by atoms with Gasteiger partial charge < -0.3 is 15.7 Å². The number of benzene rings is 1. The van der Waals surface area contributed by atoms with Gasteiger partial charge in [-0.2, -0.15) is 0 Å². The number of amides is 1. The lowest BCUT2D eigenvalue weighted by atomic mass is 9.90. The molecule has 1 atom stereocenters. The maximum Gasteiger partial charge on any atom is 0.224 e. The third kappa shape index (κ3) is 3.47. The Morgan fingerprint density at radius 3 is 2.64 bits per heavy atom. The average Bonchev–Trinajstić information content (AvgIpc) is 2.44. The number of phenols is 1. The van der Waals surface area contributed by atoms with Crippen LogP contribution in [0.1, 0.15) is 56.5 Å². The molecular formula is C17H24N2O3. The second-order valence-electron chi connectivity index (χ2n) is 6.75. The van der Waals surface area contributed by atoms with E-state index in [1.165, 1.54) is 6.07 Å². The van der Waals surface area contributed by atoms with Crippen LogP contribution in [0, 0.1) is 0 Å². The summed E-state index contributed by atoms with van der Waals surface area (Å²) in [7, 11) is 0. The molecule has 0 radical (unpaired) electrons. The lowest BCUT2D eigenvalue weighted by Gasteiger charge is -2.28. The number of fused-ring (bicyclic) bond motifs is 1. The maximum absolute atomic E-state index is 12.9. The molecule has 1 aliphatic heterocycles. The highest BCUT2D eigenvalue weighted by atomic mass is 16.3. The van der Waals surface area contributed by atoms with E-state index in [0.717, 1.165) is 5.56 Å². The molecule has 22 heavy (non-hydrogen) atoms. The minimum absolute atomic E-state index is 0.00447. The Balaban J connectivity index is 2.38. The standard InChI is InChI=1S/C17H24N2O3/c1-5-12(19-17(2,3)4)16(22)11-6-8-13(20)15-10(11)7-9-14(21)18-15/h6,8,12,19-20H,5,7,9H2,1-4H3,(H,18,21). The van der Waals surface area contributed by atoms with E-state index >= 15 is 0 Å². The number of hydrogen-bond acceptors (Lipinski definition) is 4. The predicted molar refractivity (Wildman–Crippen MR) is 86.4 cm³/mol. The van der Waals surface area contributed by atoms with E-state index in [0.29, 0.717) is 30.5 Å². The molecule has 1 aliphatic rings. The van der Waals surface area contributed by atoms with Crippen LogP contribution < -0.4 is 10.6 Å². The number of carbonyl (C=O) groups excluding carboxylic acids is 2. The van der Waals surface area contributed by atoms with Crippen molar-refractivity contribution in [2.45, 2.75) is 58.5 Å². The molecule has 120 valence electrons. The minimum Gasteiger partial charge on any atom is -0.506 e. The molecule has 3 N–H and O–H groups in total. The molecule has 1 heterocycles. The lowest BCUT2D eigenvalue weighted by molar-refractivity contribution is -0.116. The zero-order valence-corrected chi connectivity index (χ0v) is 13.6. The zero-order chi connectivity index (χ0) is 16.5. The molecule has 0 aliphatic carbocycles. The number of hydrogen-bond donors (Lipinski definition) is 3. The summed E-state index contributed by atoms with van der Waals surface area (Å²) in [5, 5.41) is 15.9. The van der Waals surface area contributed by atoms with Gasteiger partial charge >= 0.3 is 0 Å². The van der Waals surface area contributed by atoms with Crippen LogP contribution in [0.15, 0.2) is 12.1 Å². The van der Waals surface area contributed by atoms with Crippen molar-refractivity contribution in [1.82, 2.24) is 5.32 Å². The van der Waals surface area contributed by atoms with E-state index in [-0.39, 0.29) is 29.0 Å². The summed E-state index contributed by atoms with van der Waals surface area (Å²) in [5.41, 5.74) is 1.53. The largest absolute Gasteiger partial charge is 0.506 e. The van der Waals surface area contributed by atoms with Gasteiger partial charge in [-0.1, -0.05) is 6.92 Å². The number of phenolic OH excluding ortho intramolecular Hbond substituents is 1. The summed E-state index contributed by atoms with van der Waals surface area (Å²) < 4.78 is 0. The summed E-state index contributed by atoms with van der Waals surface area (Å²) >= 11 is 0. The summed E-state index contributed by atoms with van der Waals surface area (Å²) in [5.74, 6) is -0.117. The van der Waals surface area contributed by atoms with Crippen LogP contribution in [-0.4, -0.2) is 28.4 Å². The van der Waals surface area contributed by atoms with Crippen molar-refractivity contribution >= 4 is 17.4 Å². The Kier molecular flexibility index (Phi) is 4.56. The van der Waals surface area contributed by atoms with Gasteiger partial charge in [-0.3, -0.25) is 9.59 Å². The fourth-order valence-electron chi connectivity index (χ4n) is 2.77. The van der Waals surface area contributed by atoms with Crippen molar-refractivity contribution < 1.29 is 14.7 Å². The van der Waals surface area contributed by atoms with E-state index < -0.39 is 0 Å². The smallest absolute Gasteiger partial charge is 0.224 e. The topological polar surface area (TPSA) is 78.4 Å². The molecule has 1 amide bonds. The van der Waals surface area contributed by atoms with Gasteiger partial charge in [0.15, 0.2) is 5.78 Å². The highest BCUT2D eigenvalue weighted by molar-refractivity contribution is 6.05. The van der Waals surface area contributed by atoms with E-state index in [9.17, 15) is 14.7 Å². The highest BCUT2D eigenvalue weighted by Crippen LogP contribution is 2.34. The van der Waals surface area contributed by atoms with Crippen molar-refractivity contribution in [2.75, 3.05) is 5.32 Å². The summed E-state index contributed by atoms with van der Waals surface area (Å²) in [6.07, 6.45) is 1.49. The summed E-state index contributed by atoms with van der Waals surface area (Å²) in [6.45, 7) is 8.04. The fraction of sp³-hybridized carbons (Fsp3) is 0.529. The second kappa shape index (κ2) is 6.08. The first-order valence-corrected chi connectivity index (χ1v) is 7.69. The molecule has 0 bridgehead atoms. The highest BCUT2D eigenvalue weighted by Gasteiger charge is 2.28. The van der Waals surface area contributed by atoms with Gasteiger partial charge in [0.2, 0.25) is 5.91 Å². The first kappa shape index (κ1) is 16.5. The quantitative estimate of drug-likeness (QED) is 0.590. The Bertz CT molecular complexity index is 603. The molecule has 2 rings (SSSR count). The number of aromatic hydroxyl groups is 1. The molecule has 5 nitrogen and oxygen atoms in total. The van der Waals surface area contributed by atoms with Gasteiger partial charge in [-0.25, -0.2) is 0 Å². The third-order valence-corrected chi connectivity index (χ3v) is 3.75. The minimum atomic E-state index is -0.286. The van der Waals surface area contributed by atoms with Crippen molar-refractivity contribution in [1.29, 1.82) is 0 Å². The molecule has 0 saturated carbocycles. The molecule has 0 spiro atoms. The number of rotatable bonds is 4. The van der Waals surface area contributed by atoms with E-state index in [2.05, 4.69) is 10.6 Å². The molecule has 1 aromatic rings. The zero-order valence-electron chi connectivity index (χ0n) is 13.6. The number of Topliss-reactive ketones (excluding diaryl/α,β-unsaturated/α-hetero) is 1. The SMILES string of the molecule is CCC(NC(C)(C)C)C(=O)c1ccc(O)c2c1CCC(=O)N2. The first-order chi connectivity index (χ1) is 10.2. The van der Waals surface area contributed by atoms with Gasteiger partial charge in [0.1, 0.15) is 5.75 Å². The molecule has 1 unspecified atom stereocenters. The van der Waals surface area contributed by atoms with Crippen molar-refractivity contribution in [3.8, 4) is 5.75 Å². The second-order valence-corrected chi connectivity index (χ2v) is 6.75. The molecule has 0 fully saturated rings. The van der Waals surface area contributed by atoms with Gasteiger partial charge in [0, 0.05) is 17.5 Å². The van der Waals surface area contributed by atoms with Gasteiger partial charge in [0.05, 0.1) is 11.7 Å². The number of ketones is 1. The van der Waals surface area contributed by atoms with Crippen molar-refractivity contribution in [3.63, 3.8) is 0 Å². The molecule has 5 heteroatoms. The number of carbonyl (C=O) groups is 2. The molecule has 0 aromatic heterocycles. The van der Waals surface area contributed by atoms with Crippen LogP contribution in [0.25, 0.3) is 0 Å². The maximum atomic E-state index is 12.9. The van der Waals surface area contributed by atoms with E-state index in [1.807, 2.05) is 27.7 Å². The Morgan fingerprint density at radius 2 is 2.05 bits per heavy atom. The third-order valence-electron chi connectivity index (χ3n) is 3.75. The Labute approximate surface area is 131 Å². The van der Waals surface area contributed by atoms with E-state index in [4.69, 9.17) is 0 Å². The van der Waals surface area contributed by atoms with Crippen LogP contribution >= 0.6 is 0 Å². The molecule has 0 saturated heterocycles.